The Morgan fingerprint density at radius 2 is 1.95 bits per heavy atom. The number of esters is 1. The van der Waals surface area contributed by atoms with Gasteiger partial charge in [-0.3, -0.25) is 0 Å². The van der Waals surface area contributed by atoms with Gasteiger partial charge in [-0.2, -0.15) is 0 Å². The lowest BCUT2D eigenvalue weighted by molar-refractivity contribution is -0.181. The smallest absolute Gasteiger partial charge is 0.357 e. The summed E-state index contributed by atoms with van der Waals surface area (Å²) in [6, 6.07) is 9.80. The van der Waals surface area contributed by atoms with Gasteiger partial charge >= 0.3 is 5.97 Å². The first-order valence-corrected chi connectivity index (χ1v) is 7.99. The van der Waals surface area contributed by atoms with Crippen LogP contribution in [0.15, 0.2) is 41.0 Å². The van der Waals surface area contributed by atoms with Gasteiger partial charge in [0, 0.05) is 5.92 Å². The van der Waals surface area contributed by atoms with Crippen LogP contribution in [0.4, 0.5) is 0 Å². The number of benzene rings is 1. The van der Waals surface area contributed by atoms with Crippen molar-refractivity contribution in [3.8, 4) is 0 Å². The first-order valence-electron chi connectivity index (χ1n) is 7.99. The maximum absolute atomic E-state index is 12.4. The average Bonchev–Trinajstić information content (AvgIpc) is 2.48. The summed E-state index contributed by atoms with van der Waals surface area (Å²) in [6.07, 6.45) is 3.91. The van der Waals surface area contributed by atoms with Crippen molar-refractivity contribution in [3.05, 3.63) is 41.6 Å². The molecular weight excluding hydrogens is 274 g/mol. The summed E-state index contributed by atoms with van der Waals surface area (Å²) in [5.41, 5.74) is 2.19. The number of ether oxygens (including phenoxy) is 1. The van der Waals surface area contributed by atoms with E-state index in [9.17, 15) is 4.79 Å². The van der Waals surface area contributed by atoms with E-state index < -0.39 is 5.60 Å². The molecule has 1 heterocycles. The van der Waals surface area contributed by atoms with Gasteiger partial charge in [-0.25, -0.2) is 9.79 Å². The molecule has 0 spiro atoms. The first-order chi connectivity index (χ1) is 10.4. The number of carbonyl (C=O) groups excluding carboxylic acids is 1. The summed E-state index contributed by atoms with van der Waals surface area (Å²) in [5.74, 6) is 0.759. The van der Waals surface area contributed by atoms with Gasteiger partial charge in [0.05, 0.1) is 5.71 Å². The molecule has 3 nitrogen and oxygen atoms in total. The molecule has 22 heavy (non-hydrogen) atoms. The summed E-state index contributed by atoms with van der Waals surface area (Å²) in [4.78, 5) is 17.1. The molecule has 5 rings (SSSR count). The van der Waals surface area contributed by atoms with E-state index >= 15 is 0 Å². The Balaban J connectivity index is 1.73. The van der Waals surface area contributed by atoms with Crippen molar-refractivity contribution in [2.24, 2.45) is 22.2 Å². The molecule has 1 aliphatic heterocycles. The van der Waals surface area contributed by atoms with Crippen LogP contribution in [0, 0.1) is 17.3 Å². The molecular formula is C19H21NO2. The van der Waals surface area contributed by atoms with Crippen LogP contribution in [0.25, 0.3) is 6.08 Å². The van der Waals surface area contributed by atoms with Gasteiger partial charge in [0.25, 0.3) is 0 Å². The van der Waals surface area contributed by atoms with E-state index in [0.717, 1.165) is 24.1 Å². The van der Waals surface area contributed by atoms with Crippen molar-refractivity contribution in [2.75, 3.05) is 0 Å². The monoisotopic (exact) mass is 295 g/mol. The van der Waals surface area contributed by atoms with E-state index in [4.69, 9.17) is 9.73 Å². The zero-order valence-electron chi connectivity index (χ0n) is 13.3. The Bertz CT molecular complexity index is 701. The minimum atomic E-state index is -0.511. The van der Waals surface area contributed by atoms with Gasteiger partial charge in [-0.15, -0.1) is 0 Å². The minimum absolute atomic E-state index is 0.245. The van der Waals surface area contributed by atoms with E-state index in [2.05, 4.69) is 13.8 Å². The van der Waals surface area contributed by atoms with Gasteiger partial charge in [0.15, 0.2) is 5.60 Å². The molecule has 1 aromatic rings. The molecule has 0 aromatic heterocycles. The van der Waals surface area contributed by atoms with Crippen molar-refractivity contribution in [1.82, 2.24) is 0 Å². The van der Waals surface area contributed by atoms with Crippen LogP contribution < -0.4 is 0 Å². The lowest BCUT2D eigenvalue weighted by atomic mass is 9.43. The Morgan fingerprint density at radius 3 is 2.64 bits per heavy atom. The fourth-order valence-corrected chi connectivity index (χ4v) is 4.46. The molecule has 1 aromatic carbocycles. The SMILES string of the molecule is CC1(C)[C@H]2CC3=N/C(=C\c4ccccc4)C(=O)O[C@]3(C)[C@@H]1C2. The third-order valence-corrected chi connectivity index (χ3v) is 6.02. The maximum Gasteiger partial charge on any atom is 0.357 e. The van der Waals surface area contributed by atoms with Crippen LogP contribution in [0.1, 0.15) is 39.2 Å². The Morgan fingerprint density at radius 1 is 1.23 bits per heavy atom. The summed E-state index contributed by atoms with van der Waals surface area (Å²) in [6.45, 7) is 6.62. The highest BCUT2D eigenvalue weighted by molar-refractivity contribution is 6.06. The summed E-state index contributed by atoms with van der Waals surface area (Å²) >= 11 is 0. The van der Waals surface area contributed by atoms with Crippen molar-refractivity contribution in [3.63, 3.8) is 0 Å². The highest BCUT2D eigenvalue weighted by Gasteiger charge is 2.65. The first kappa shape index (κ1) is 13.7. The molecule has 114 valence electrons. The highest BCUT2D eigenvalue weighted by atomic mass is 16.6. The third-order valence-electron chi connectivity index (χ3n) is 6.02. The number of hydrogen-bond donors (Lipinski definition) is 0. The van der Waals surface area contributed by atoms with Crippen molar-refractivity contribution in [2.45, 2.75) is 39.2 Å². The van der Waals surface area contributed by atoms with Crippen LogP contribution in [0.2, 0.25) is 0 Å². The van der Waals surface area contributed by atoms with E-state index in [1.165, 1.54) is 0 Å². The van der Waals surface area contributed by atoms with Gasteiger partial charge in [-0.05, 0) is 42.7 Å². The van der Waals surface area contributed by atoms with E-state index in [1.54, 1.807) is 0 Å². The maximum atomic E-state index is 12.4. The molecule has 2 bridgehead atoms. The predicted octanol–water partition coefficient (Wildman–Crippen LogP) is 3.85. The Hall–Kier alpha value is -1.90. The lowest BCUT2D eigenvalue weighted by Gasteiger charge is -2.64. The van der Waals surface area contributed by atoms with Gasteiger partial charge in [-0.1, -0.05) is 44.2 Å². The standard InChI is InChI=1S/C19H21NO2/c1-18(2)13-10-15(18)19(3)16(11-13)20-14(17(21)22-19)9-12-7-5-4-6-8-12/h4-9,13,15H,10-11H2,1-3H3/b14-9-/t13-,15-,19-/m1/s1. The fraction of sp³-hybridized carbons (Fsp3) is 0.474. The average molecular weight is 295 g/mol. The molecule has 4 aliphatic rings. The topological polar surface area (TPSA) is 38.7 Å². The van der Waals surface area contributed by atoms with Crippen LogP contribution in [-0.4, -0.2) is 17.3 Å². The van der Waals surface area contributed by atoms with Gasteiger partial charge in [0.2, 0.25) is 0 Å². The summed E-state index contributed by atoms with van der Waals surface area (Å²) < 4.78 is 5.91. The van der Waals surface area contributed by atoms with E-state index in [0.29, 0.717) is 17.5 Å². The molecule has 0 radical (unpaired) electrons. The molecule has 3 aliphatic carbocycles. The largest absolute Gasteiger partial charge is 0.448 e. The second-order valence-corrected chi connectivity index (χ2v) is 7.51. The fourth-order valence-electron chi connectivity index (χ4n) is 4.46. The third kappa shape index (κ3) is 1.74. The van der Waals surface area contributed by atoms with Crippen LogP contribution in [0.5, 0.6) is 0 Å². The molecule has 3 heteroatoms. The molecule has 3 fully saturated rings. The van der Waals surface area contributed by atoms with E-state index in [-0.39, 0.29) is 11.4 Å². The number of carbonyl (C=O) groups is 1. The van der Waals surface area contributed by atoms with Gasteiger partial charge < -0.3 is 4.74 Å². The molecule has 0 amide bonds. The number of nitrogens with zero attached hydrogens (tertiary/aromatic N) is 1. The predicted molar refractivity (Wildman–Crippen MR) is 86.3 cm³/mol. The van der Waals surface area contributed by atoms with Crippen molar-refractivity contribution < 1.29 is 9.53 Å². The van der Waals surface area contributed by atoms with Crippen LogP contribution in [-0.2, 0) is 9.53 Å². The second kappa shape index (κ2) is 4.31. The normalized spacial score (nSPS) is 37.0. The summed E-state index contributed by atoms with van der Waals surface area (Å²) in [5, 5.41) is 0. The van der Waals surface area contributed by atoms with Crippen LogP contribution >= 0.6 is 0 Å². The molecule has 0 N–H and O–H groups in total. The Kier molecular flexibility index (Phi) is 2.69. The van der Waals surface area contributed by atoms with Crippen molar-refractivity contribution in [1.29, 1.82) is 0 Å². The van der Waals surface area contributed by atoms with Crippen molar-refractivity contribution >= 4 is 17.8 Å². The minimum Gasteiger partial charge on any atom is -0.448 e. The van der Waals surface area contributed by atoms with Gasteiger partial charge in [0.1, 0.15) is 5.70 Å². The number of rotatable bonds is 1. The highest BCUT2D eigenvalue weighted by Crippen LogP contribution is 2.63. The zero-order chi connectivity index (χ0) is 15.5. The Labute approximate surface area is 131 Å². The van der Waals surface area contributed by atoms with E-state index in [1.807, 2.05) is 43.3 Å². The quantitative estimate of drug-likeness (QED) is 0.583. The zero-order valence-corrected chi connectivity index (χ0v) is 13.3. The molecule has 3 atom stereocenters. The molecule has 3 saturated carbocycles. The molecule has 0 unspecified atom stereocenters. The number of aliphatic imine (C=N–C) groups is 1. The summed E-state index contributed by atoms with van der Waals surface area (Å²) in [7, 11) is 0. The van der Waals surface area contributed by atoms with Crippen LogP contribution in [0.3, 0.4) is 0 Å². The number of hydrogen-bond acceptors (Lipinski definition) is 3. The molecule has 0 saturated heterocycles. The lowest BCUT2D eigenvalue weighted by Crippen LogP contribution is -2.67. The second-order valence-electron chi connectivity index (χ2n) is 7.51.